The van der Waals surface area contributed by atoms with Crippen LogP contribution in [0.1, 0.15) is 43.0 Å². The van der Waals surface area contributed by atoms with Crippen molar-refractivity contribution in [1.82, 2.24) is 14.8 Å². The predicted octanol–water partition coefficient (Wildman–Crippen LogP) is 3.39. The van der Waals surface area contributed by atoms with E-state index in [1.807, 2.05) is 12.1 Å². The third kappa shape index (κ3) is 2.42. The maximum Gasteiger partial charge on any atom is 0.137 e. The fraction of sp³-hybridized carbons (Fsp3) is 0.538. The van der Waals surface area contributed by atoms with Gasteiger partial charge in [-0.2, -0.15) is 5.10 Å². The minimum Gasteiger partial charge on any atom is -0.382 e. The zero-order valence-electron chi connectivity index (χ0n) is 10.5. The summed E-state index contributed by atoms with van der Waals surface area (Å²) in [6.45, 7) is 0. The summed E-state index contributed by atoms with van der Waals surface area (Å²) in [6.07, 6.45) is 8.14. The summed E-state index contributed by atoms with van der Waals surface area (Å²) in [7, 11) is 0. The highest BCUT2D eigenvalue weighted by Gasteiger charge is 2.42. The van der Waals surface area contributed by atoms with Crippen LogP contribution in [0.5, 0.6) is 0 Å². The maximum atomic E-state index is 11.2. The maximum absolute atomic E-state index is 11.2. The molecule has 1 N–H and O–H groups in total. The van der Waals surface area contributed by atoms with Gasteiger partial charge in [0.25, 0.3) is 0 Å². The standard InChI is InChI=1S/C13H16ClN3OS/c14-12-6-5-11(19-12)13(18)7-3-1-2-4-10(13)17-9-15-8-16-17/h5-6,8-10,18H,1-4,7H2/t10-,13+/m1/s1. The molecule has 19 heavy (non-hydrogen) atoms. The van der Waals surface area contributed by atoms with Gasteiger partial charge >= 0.3 is 0 Å². The summed E-state index contributed by atoms with van der Waals surface area (Å²) in [5, 5.41) is 15.5. The van der Waals surface area contributed by atoms with Crippen molar-refractivity contribution < 1.29 is 5.11 Å². The molecule has 2 aromatic heterocycles. The molecule has 2 atom stereocenters. The Morgan fingerprint density at radius 2 is 2.26 bits per heavy atom. The topological polar surface area (TPSA) is 50.9 Å². The number of aromatic nitrogens is 3. The lowest BCUT2D eigenvalue weighted by atomic mass is 9.88. The molecule has 1 aliphatic rings. The molecule has 1 aliphatic carbocycles. The molecular formula is C13H16ClN3OS. The molecule has 0 radical (unpaired) electrons. The largest absolute Gasteiger partial charge is 0.382 e. The van der Waals surface area contributed by atoms with Crippen LogP contribution >= 0.6 is 22.9 Å². The van der Waals surface area contributed by atoms with Crippen molar-refractivity contribution >= 4 is 22.9 Å². The summed E-state index contributed by atoms with van der Waals surface area (Å²) < 4.78 is 2.50. The molecule has 1 fully saturated rings. The van der Waals surface area contributed by atoms with Gasteiger partial charge in [0.15, 0.2) is 0 Å². The van der Waals surface area contributed by atoms with Crippen LogP contribution in [0, 0.1) is 0 Å². The number of nitrogens with zero attached hydrogens (tertiary/aromatic N) is 3. The number of aliphatic hydroxyl groups is 1. The fourth-order valence-corrected chi connectivity index (χ4v) is 4.09. The average molecular weight is 298 g/mol. The predicted molar refractivity (Wildman–Crippen MR) is 75.4 cm³/mol. The first-order chi connectivity index (χ1) is 9.20. The highest BCUT2D eigenvalue weighted by Crippen LogP contribution is 2.45. The van der Waals surface area contributed by atoms with Gasteiger partial charge in [-0.15, -0.1) is 11.3 Å². The van der Waals surface area contributed by atoms with E-state index in [1.165, 1.54) is 17.7 Å². The molecular weight excluding hydrogens is 282 g/mol. The molecule has 0 aromatic carbocycles. The minimum atomic E-state index is -0.887. The molecule has 2 heterocycles. The van der Waals surface area contributed by atoms with E-state index in [9.17, 15) is 5.11 Å². The number of hydrogen-bond acceptors (Lipinski definition) is 4. The van der Waals surface area contributed by atoms with Gasteiger partial charge in [-0.05, 0) is 25.0 Å². The van der Waals surface area contributed by atoms with E-state index in [-0.39, 0.29) is 6.04 Å². The lowest BCUT2D eigenvalue weighted by molar-refractivity contribution is -0.0253. The number of rotatable bonds is 2. The summed E-state index contributed by atoms with van der Waals surface area (Å²) >= 11 is 7.48. The fourth-order valence-electron chi connectivity index (χ4n) is 2.88. The molecule has 6 heteroatoms. The van der Waals surface area contributed by atoms with Gasteiger partial charge in [0.05, 0.1) is 10.4 Å². The molecule has 0 saturated heterocycles. The Bertz CT molecular complexity index is 542. The second kappa shape index (κ2) is 5.23. The molecule has 0 bridgehead atoms. The quantitative estimate of drug-likeness (QED) is 0.865. The van der Waals surface area contributed by atoms with E-state index in [0.717, 1.165) is 37.0 Å². The first kappa shape index (κ1) is 13.1. The SMILES string of the molecule is O[C@@]1(c2ccc(Cl)s2)CCCCC[C@H]1n1cncn1. The van der Waals surface area contributed by atoms with Gasteiger partial charge in [0.2, 0.25) is 0 Å². The summed E-state index contributed by atoms with van der Waals surface area (Å²) in [5.41, 5.74) is -0.887. The monoisotopic (exact) mass is 297 g/mol. The van der Waals surface area contributed by atoms with Gasteiger partial charge in [0, 0.05) is 4.88 Å². The third-order valence-electron chi connectivity index (χ3n) is 3.84. The second-order valence-electron chi connectivity index (χ2n) is 5.02. The Morgan fingerprint density at radius 1 is 1.37 bits per heavy atom. The molecule has 102 valence electrons. The molecule has 0 unspecified atom stereocenters. The molecule has 0 amide bonds. The molecule has 0 spiro atoms. The highest BCUT2D eigenvalue weighted by atomic mass is 35.5. The van der Waals surface area contributed by atoms with E-state index in [4.69, 9.17) is 11.6 Å². The summed E-state index contributed by atoms with van der Waals surface area (Å²) in [6, 6.07) is 3.72. The van der Waals surface area contributed by atoms with Crippen molar-refractivity contribution in [2.45, 2.75) is 43.7 Å². The normalized spacial score (nSPS) is 28.2. The highest BCUT2D eigenvalue weighted by molar-refractivity contribution is 7.16. The Labute approximate surface area is 121 Å². The average Bonchev–Trinajstić information content (AvgIpc) is 3.01. The van der Waals surface area contributed by atoms with Gasteiger partial charge in [0.1, 0.15) is 18.3 Å². The van der Waals surface area contributed by atoms with Gasteiger partial charge in [-0.1, -0.05) is 30.9 Å². The summed E-state index contributed by atoms with van der Waals surface area (Å²) in [4.78, 5) is 4.94. The van der Waals surface area contributed by atoms with Crippen molar-refractivity contribution in [3.8, 4) is 0 Å². The van der Waals surface area contributed by atoms with Crippen LogP contribution in [0.2, 0.25) is 4.34 Å². The molecule has 4 nitrogen and oxygen atoms in total. The first-order valence-electron chi connectivity index (χ1n) is 6.52. The zero-order chi connectivity index (χ0) is 13.3. The molecule has 3 rings (SSSR count). The molecule has 2 aromatic rings. The number of halogens is 1. The van der Waals surface area contributed by atoms with Crippen molar-refractivity contribution in [2.75, 3.05) is 0 Å². The van der Waals surface area contributed by atoms with E-state index in [1.54, 1.807) is 11.0 Å². The van der Waals surface area contributed by atoms with Crippen molar-refractivity contribution in [2.24, 2.45) is 0 Å². The lowest BCUT2D eigenvalue weighted by Gasteiger charge is -2.34. The van der Waals surface area contributed by atoms with Crippen LogP contribution < -0.4 is 0 Å². The molecule has 0 aliphatic heterocycles. The van der Waals surface area contributed by atoms with Gasteiger partial charge in [-0.3, -0.25) is 0 Å². The van der Waals surface area contributed by atoms with Crippen LogP contribution in [0.25, 0.3) is 0 Å². The Morgan fingerprint density at radius 3 is 2.95 bits per heavy atom. The van der Waals surface area contributed by atoms with E-state index < -0.39 is 5.60 Å². The van der Waals surface area contributed by atoms with Gasteiger partial charge < -0.3 is 5.11 Å². The second-order valence-corrected chi connectivity index (χ2v) is 6.73. The van der Waals surface area contributed by atoms with Crippen LogP contribution in [-0.2, 0) is 5.60 Å². The van der Waals surface area contributed by atoms with E-state index in [0.29, 0.717) is 4.34 Å². The Kier molecular flexibility index (Phi) is 3.60. The van der Waals surface area contributed by atoms with Gasteiger partial charge in [-0.25, -0.2) is 9.67 Å². The zero-order valence-corrected chi connectivity index (χ0v) is 12.1. The Balaban J connectivity index is 2.02. The van der Waals surface area contributed by atoms with Crippen LogP contribution in [0.3, 0.4) is 0 Å². The van der Waals surface area contributed by atoms with Crippen molar-refractivity contribution in [3.05, 3.63) is 34.0 Å². The van der Waals surface area contributed by atoms with E-state index >= 15 is 0 Å². The first-order valence-corrected chi connectivity index (χ1v) is 7.72. The van der Waals surface area contributed by atoms with Crippen LogP contribution in [-0.4, -0.2) is 19.9 Å². The van der Waals surface area contributed by atoms with Crippen molar-refractivity contribution in [3.63, 3.8) is 0 Å². The number of hydrogen-bond donors (Lipinski definition) is 1. The van der Waals surface area contributed by atoms with Crippen molar-refractivity contribution in [1.29, 1.82) is 0 Å². The summed E-state index contributed by atoms with van der Waals surface area (Å²) in [5.74, 6) is 0. The van der Waals surface area contributed by atoms with Crippen LogP contribution in [0.4, 0.5) is 0 Å². The van der Waals surface area contributed by atoms with E-state index in [2.05, 4.69) is 10.1 Å². The third-order valence-corrected chi connectivity index (χ3v) is 5.24. The smallest absolute Gasteiger partial charge is 0.137 e. The van der Waals surface area contributed by atoms with Crippen LogP contribution in [0.15, 0.2) is 24.8 Å². The molecule has 1 saturated carbocycles. The minimum absolute atomic E-state index is 0.0628. The lowest BCUT2D eigenvalue weighted by Crippen LogP contribution is -2.35. The Hall–Kier alpha value is -0.910. The number of thiophene rings is 1.